The Hall–Kier alpha value is -0.520. The van der Waals surface area contributed by atoms with Crippen LogP contribution < -0.4 is 0 Å². The predicted molar refractivity (Wildman–Crippen MR) is 339 cm³/mol. The third-order valence-corrected chi connectivity index (χ3v) is 17.7. The van der Waals surface area contributed by atoms with E-state index in [2.05, 4.69) is 39.2 Å². The van der Waals surface area contributed by atoms with E-state index < -0.39 is 0 Å². The highest BCUT2D eigenvalue weighted by Gasteiger charge is 2.10. The summed E-state index contributed by atoms with van der Waals surface area (Å²) in [6.45, 7) is 12.7. The molecule has 0 aliphatic rings. The first-order valence-corrected chi connectivity index (χ1v) is 35.5. The fourth-order valence-corrected chi connectivity index (χ4v) is 12.5. The van der Waals surface area contributed by atoms with Gasteiger partial charge in [0.05, 0.1) is 0 Å². The van der Waals surface area contributed by atoms with Crippen molar-refractivity contribution < 1.29 is 0 Å². The number of unbranched alkanes of at least 4 members (excludes halogenated alkanes) is 54. The van der Waals surface area contributed by atoms with E-state index in [-0.39, 0.29) is 0 Å². The van der Waals surface area contributed by atoms with Crippen LogP contribution in [0.2, 0.25) is 0 Å². The lowest BCUT2D eigenvalue weighted by atomic mass is 9.90. The van der Waals surface area contributed by atoms with E-state index in [0.717, 1.165) is 11.8 Å². The summed E-state index contributed by atoms with van der Waals surface area (Å²) >= 11 is 0. The summed E-state index contributed by atoms with van der Waals surface area (Å²) in [6.07, 6.45) is 99.6. The molecule has 0 saturated carbocycles. The summed E-state index contributed by atoms with van der Waals surface area (Å²) in [4.78, 5) is 0. The maximum absolute atomic E-state index is 4.03. The van der Waals surface area contributed by atoms with Crippen molar-refractivity contribution in [1.82, 2.24) is 0 Å². The smallest absolute Gasteiger partial charge is 0.0351 e. The first-order valence-electron chi connectivity index (χ1n) is 35.5. The van der Waals surface area contributed by atoms with Crippen LogP contribution in [0.25, 0.3) is 0 Å². The standard InChI is InChI=1S/C73H144/c1-5-9-13-15-17-19-21-23-38-42-46-50-54-58-62-68-72(66-11-7-3)70-64-60-56-52-48-44-40-36-34-32-30-28-26-25-27-29-31-33-35-37-41-45-49-53-57-61-65-71-73(67-12-8-4)69-63-59-55-51-47-43-39-24-22-20-18-16-14-10-6-2/h7-8,72-73H,3-6,9-71H2,1-2H3. The van der Waals surface area contributed by atoms with Gasteiger partial charge in [0.2, 0.25) is 0 Å². The molecule has 0 aromatic heterocycles. The molecule has 0 aromatic rings. The molecule has 0 bridgehead atoms. The van der Waals surface area contributed by atoms with Crippen molar-refractivity contribution in [3.8, 4) is 0 Å². The predicted octanol–water partition coefficient (Wildman–Crippen LogP) is 28.0. The van der Waals surface area contributed by atoms with Gasteiger partial charge in [0.1, 0.15) is 0 Å². The van der Waals surface area contributed by atoms with Crippen molar-refractivity contribution in [2.45, 2.75) is 431 Å². The molecule has 0 amide bonds. The summed E-state index contributed by atoms with van der Waals surface area (Å²) in [6, 6.07) is 0. The molecule has 0 aliphatic carbocycles. The molecule has 0 aromatic carbocycles. The minimum absolute atomic E-state index is 0.958. The Morgan fingerprint density at radius 3 is 0.425 bits per heavy atom. The number of hydrogen-bond acceptors (Lipinski definition) is 0. The molecule has 0 heteroatoms. The van der Waals surface area contributed by atoms with E-state index in [9.17, 15) is 0 Å². The van der Waals surface area contributed by atoms with Gasteiger partial charge in [0.25, 0.3) is 0 Å². The van der Waals surface area contributed by atoms with Crippen LogP contribution in [-0.4, -0.2) is 0 Å². The molecule has 0 N–H and O–H groups in total. The Balaban J connectivity index is 3.44. The zero-order valence-corrected chi connectivity index (χ0v) is 51.7. The Kier molecular flexibility index (Phi) is 67.1. The van der Waals surface area contributed by atoms with Crippen molar-refractivity contribution in [2.75, 3.05) is 0 Å². The van der Waals surface area contributed by atoms with E-state index in [1.807, 2.05) is 0 Å². The fourth-order valence-electron chi connectivity index (χ4n) is 12.5. The van der Waals surface area contributed by atoms with Crippen molar-refractivity contribution in [1.29, 1.82) is 0 Å². The minimum atomic E-state index is 0.958. The van der Waals surface area contributed by atoms with E-state index in [0.29, 0.717) is 0 Å². The van der Waals surface area contributed by atoms with Gasteiger partial charge in [-0.1, -0.05) is 418 Å². The monoisotopic (exact) mass is 1020 g/mol. The zero-order valence-electron chi connectivity index (χ0n) is 51.7. The Morgan fingerprint density at radius 2 is 0.301 bits per heavy atom. The second-order valence-corrected chi connectivity index (χ2v) is 25.1. The summed E-state index contributed by atoms with van der Waals surface area (Å²) in [5.41, 5.74) is 0. The van der Waals surface area contributed by atoms with Gasteiger partial charge in [0.15, 0.2) is 0 Å². The lowest BCUT2D eigenvalue weighted by Crippen LogP contribution is -2.01. The van der Waals surface area contributed by atoms with Crippen LogP contribution in [0.5, 0.6) is 0 Å². The molecule has 2 atom stereocenters. The van der Waals surface area contributed by atoms with Gasteiger partial charge in [-0.15, -0.1) is 13.2 Å². The molecule has 0 rings (SSSR count). The fraction of sp³-hybridized carbons (Fsp3) is 0.945. The van der Waals surface area contributed by atoms with Crippen LogP contribution in [0.3, 0.4) is 0 Å². The van der Waals surface area contributed by atoms with E-state index >= 15 is 0 Å². The van der Waals surface area contributed by atoms with Gasteiger partial charge < -0.3 is 0 Å². The van der Waals surface area contributed by atoms with E-state index in [1.165, 1.54) is 417 Å². The van der Waals surface area contributed by atoms with Crippen molar-refractivity contribution in [2.24, 2.45) is 11.8 Å². The number of rotatable bonds is 68. The molecular formula is C73H144. The van der Waals surface area contributed by atoms with Gasteiger partial charge in [-0.25, -0.2) is 0 Å². The molecule has 2 unspecified atom stereocenters. The maximum Gasteiger partial charge on any atom is -0.0351 e. The third kappa shape index (κ3) is 63.9. The van der Waals surface area contributed by atoms with Crippen LogP contribution in [0.15, 0.2) is 25.3 Å². The molecule has 0 saturated heterocycles. The van der Waals surface area contributed by atoms with Gasteiger partial charge in [-0.05, 0) is 37.5 Å². The molecule has 0 nitrogen and oxygen atoms in total. The van der Waals surface area contributed by atoms with Crippen LogP contribution in [0.4, 0.5) is 0 Å². The quantitative estimate of drug-likeness (QED) is 0.0421. The Morgan fingerprint density at radius 1 is 0.178 bits per heavy atom. The Bertz CT molecular complexity index is 885. The molecule has 73 heavy (non-hydrogen) atoms. The Labute approximate surface area is 466 Å². The first kappa shape index (κ1) is 72.5. The highest BCUT2D eigenvalue weighted by molar-refractivity contribution is 4.72. The van der Waals surface area contributed by atoms with Crippen LogP contribution in [0, 0.1) is 11.8 Å². The summed E-state index contributed by atoms with van der Waals surface area (Å²) in [5.74, 6) is 1.92. The van der Waals surface area contributed by atoms with Crippen LogP contribution in [0.1, 0.15) is 431 Å². The molecule has 436 valence electrons. The van der Waals surface area contributed by atoms with Crippen molar-refractivity contribution in [3.63, 3.8) is 0 Å². The summed E-state index contributed by atoms with van der Waals surface area (Å²) in [7, 11) is 0. The molecule has 0 radical (unpaired) electrons. The number of hydrogen-bond donors (Lipinski definition) is 0. The SMILES string of the molecule is C=CCCC(CCCCCCCCCCCCCCCCC)CCCCCCCCCCCCCCCCCCCCCCCCCCCCCC(CCC=C)CCCCCCCCCCCCCCCCC. The second kappa shape index (κ2) is 67.6. The molecule has 0 spiro atoms. The molecular weight excluding hydrogens is 877 g/mol. The average molecular weight is 1020 g/mol. The van der Waals surface area contributed by atoms with Gasteiger partial charge in [0, 0.05) is 0 Å². The van der Waals surface area contributed by atoms with Crippen molar-refractivity contribution >= 4 is 0 Å². The molecule has 0 fully saturated rings. The lowest BCUT2D eigenvalue weighted by molar-refractivity contribution is 0.382. The second-order valence-electron chi connectivity index (χ2n) is 25.1. The van der Waals surface area contributed by atoms with Crippen LogP contribution >= 0.6 is 0 Å². The molecule has 0 aliphatic heterocycles. The normalized spacial score (nSPS) is 12.5. The first-order chi connectivity index (χ1) is 36.3. The molecule has 0 heterocycles. The highest BCUT2D eigenvalue weighted by Crippen LogP contribution is 2.26. The van der Waals surface area contributed by atoms with E-state index in [1.54, 1.807) is 0 Å². The van der Waals surface area contributed by atoms with Gasteiger partial charge in [-0.3, -0.25) is 0 Å². The third-order valence-electron chi connectivity index (χ3n) is 17.7. The maximum atomic E-state index is 4.03. The highest BCUT2D eigenvalue weighted by atomic mass is 14.2. The topological polar surface area (TPSA) is 0 Å². The van der Waals surface area contributed by atoms with Gasteiger partial charge in [-0.2, -0.15) is 0 Å². The van der Waals surface area contributed by atoms with Crippen LogP contribution in [-0.2, 0) is 0 Å². The lowest BCUT2D eigenvalue weighted by Gasteiger charge is -2.16. The average Bonchev–Trinajstić information content (AvgIpc) is 3.40. The van der Waals surface area contributed by atoms with E-state index in [4.69, 9.17) is 0 Å². The number of allylic oxidation sites excluding steroid dienone is 2. The largest absolute Gasteiger partial charge is 0.103 e. The summed E-state index contributed by atoms with van der Waals surface area (Å²) < 4.78 is 0. The minimum Gasteiger partial charge on any atom is -0.103 e. The van der Waals surface area contributed by atoms with Crippen molar-refractivity contribution in [3.05, 3.63) is 25.3 Å². The summed E-state index contributed by atoms with van der Waals surface area (Å²) in [5, 5.41) is 0. The van der Waals surface area contributed by atoms with Gasteiger partial charge >= 0.3 is 0 Å². The zero-order chi connectivity index (χ0) is 52.5.